The van der Waals surface area contributed by atoms with Gasteiger partial charge < -0.3 is 10.1 Å². The zero-order chi connectivity index (χ0) is 18.5. The van der Waals surface area contributed by atoms with E-state index < -0.39 is 0 Å². The number of hydrogen-bond acceptors (Lipinski definition) is 4. The van der Waals surface area contributed by atoms with E-state index in [1.165, 1.54) is 36.2 Å². The summed E-state index contributed by atoms with van der Waals surface area (Å²) in [6.45, 7) is 11.5. The number of piperidine rings is 1. The molecule has 1 saturated heterocycles. The third kappa shape index (κ3) is 4.46. The highest BCUT2D eigenvalue weighted by Gasteiger charge is 2.20. The van der Waals surface area contributed by atoms with Gasteiger partial charge in [0, 0.05) is 43.5 Å². The first-order valence-corrected chi connectivity index (χ1v) is 9.72. The molecule has 1 unspecified atom stereocenters. The van der Waals surface area contributed by atoms with E-state index in [1.54, 1.807) is 7.11 Å². The molecule has 2 heterocycles. The number of aromatic nitrogens is 2. The van der Waals surface area contributed by atoms with Crippen LogP contribution >= 0.6 is 0 Å². The summed E-state index contributed by atoms with van der Waals surface area (Å²) in [5.41, 5.74) is 5.13. The molecule has 3 rings (SSSR count). The Bertz CT molecular complexity index is 725. The number of benzene rings is 1. The summed E-state index contributed by atoms with van der Waals surface area (Å²) in [6, 6.07) is 8.95. The normalized spacial score (nSPS) is 18.2. The molecule has 0 amide bonds. The zero-order valence-electron chi connectivity index (χ0n) is 16.6. The molecule has 1 aromatic heterocycles. The molecule has 5 nitrogen and oxygen atoms in total. The molecule has 2 aromatic rings. The summed E-state index contributed by atoms with van der Waals surface area (Å²) in [4.78, 5) is 2.55. The van der Waals surface area contributed by atoms with Crippen molar-refractivity contribution in [3.8, 4) is 5.75 Å². The lowest BCUT2D eigenvalue weighted by Crippen LogP contribution is -2.45. The Morgan fingerprint density at radius 1 is 1.31 bits per heavy atom. The number of aryl methyl sites for hydroxylation is 2. The van der Waals surface area contributed by atoms with Crippen LogP contribution in [-0.2, 0) is 19.6 Å². The quantitative estimate of drug-likeness (QED) is 0.827. The largest absolute Gasteiger partial charge is 0.497 e. The van der Waals surface area contributed by atoms with Gasteiger partial charge in [-0.2, -0.15) is 5.10 Å². The van der Waals surface area contributed by atoms with Crippen LogP contribution < -0.4 is 10.1 Å². The zero-order valence-corrected chi connectivity index (χ0v) is 16.6. The van der Waals surface area contributed by atoms with Gasteiger partial charge in [-0.05, 0) is 57.9 Å². The molecule has 1 aliphatic heterocycles. The number of ether oxygens (including phenoxy) is 1. The van der Waals surface area contributed by atoms with E-state index in [9.17, 15) is 0 Å². The summed E-state index contributed by atoms with van der Waals surface area (Å²) in [5.74, 6) is 0.938. The first-order valence-electron chi connectivity index (χ1n) is 9.72. The van der Waals surface area contributed by atoms with Crippen LogP contribution in [0.1, 0.15) is 42.3 Å². The van der Waals surface area contributed by atoms with Gasteiger partial charge in [-0.15, -0.1) is 0 Å². The van der Waals surface area contributed by atoms with Crippen molar-refractivity contribution >= 4 is 0 Å². The average molecular weight is 357 g/mol. The maximum atomic E-state index is 5.35. The maximum Gasteiger partial charge on any atom is 0.119 e. The molecule has 1 aromatic carbocycles. The summed E-state index contributed by atoms with van der Waals surface area (Å²) in [5, 5.41) is 8.41. The fourth-order valence-corrected chi connectivity index (χ4v) is 3.94. The third-order valence-corrected chi connectivity index (χ3v) is 5.44. The number of likely N-dealkylation sites (tertiary alicyclic amines) is 1. The van der Waals surface area contributed by atoms with Crippen molar-refractivity contribution < 1.29 is 4.74 Å². The van der Waals surface area contributed by atoms with Gasteiger partial charge in [0.25, 0.3) is 0 Å². The third-order valence-electron chi connectivity index (χ3n) is 5.44. The highest BCUT2D eigenvalue weighted by atomic mass is 16.5. The maximum absolute atomic E-state index is 5.35. The summed E-state index contributed by atoms with van der Waals surface area (Å²) in [7, 11) is 1.73. The lowest BCUT2D eigenvalue weighted by Gasteiger charge is -2.33. The summed E-state index contributed by atoms with van der Waals surface area (Å²) >= 11 is 0. The molecule has 0 radical (unpaired) electrons. The highest BCUT2D eigenvalue weighted by molar-refractivity contribution is 5.28. The van der Waals surface area contributed by atoms with Gasteiger partial charge in [0.15, 0.2) is 0 Å². The Labute approximate surface area is 157 Å². The first kappa shape index (κ1) is 18.9. The van der Waals surface area contributed by atoms with Crippen molar-refractivity contribution in [3.63, 3.8) is 0 Å². The number of methoxy groups -OCH3 is 1. The van der Waals surface area contributed by atoms with Gasteiger partial charge in [0.05, 0.1) is 12.8 Å². The SMILES string of the molecule is CCn1nc(C)c(CNC2CCCN(Cc3cccc(OC)c3)C2)c1C. The topological polar surface area (TPSA) is 42.3 Å². The summed E-state index contributed by atoms with van der Waals surface area (Å²) < 4.78 is 7.45. The smallest absolute Gasteiger partial charge is 0.119 e. The minimum Gasteiger partial charge on any atom is -0.497 e. The van der Waals surface area contributed by atoms with Crippen LogP contribution in [0.2, 0.25) is 0 Å². The monoisotopic (exact) mass is 356 g/mol. The Morgan fingerprint density at radius 2 is 2.15 bits per heavy atom. The molecule has 142 valence electrons. The van der Waals surface area contributed by atoms with Crippen molar-refractivity contribution in [3.05, 3.63) is 46.8 Å². The molecule has 0 saturated carbocycles. The second-order valence-corrected chi connectivity index (χ2v) is 7.27. The molecular formula is C21H32N4O. The van der Waals surface area contributed by atoms with Crippen LogP contribution in [0.4, 0.5) is 0 Å². The van der Waals surface area contributed by atoms with E-state index in [1.807, 2.05) is 6.07 Å². The summed E-state index contributed by atoms with van der Waals surface area (Å²) in [6.07, 6.45) is 2.49. The second-order valence-electron chi connectivity index (χ2n) is 7.27. The van der Waals surface area contributed by atoms with Crippen molar-refractivity contribution in [2.24, 2.45) is 0 Å². The Morgan fingerprint density at radius 3 is 2.88 bits per heavy atom. The average Bonchev–Trinajstić information content (AvgIpc) is 2.93. The van der Waals surface area contributed by atoms with Gasteiger partial charge in [-0.1, -0.05) is 12.1 Å². The van der Waals surface area contributed by atoms with Crippen LogP contribution in [-0.4, -0.2) is 40.9 Å². The molecule has 0 spiro atoms. The van der Waals surface area contributed by atoms with Crippen LogP contribution in [0.25, 0.3) is 0 Å². The van der Waals surface area contributed by atoms with Crippen LogP contribution in [0.15, 0.2) is 24.3 Å². The fraction of sp³-hybridized carbons (Fsp3) is 0.571. The van der Waals surface area contributed by atoms with Crippen molar-refractivity contribution in [2.75, 3.05) is 20.2 Å². The van der Waals surface area contributed by atoms with Gasteiger partial charge >= 0.3 is 0 Å². The molecular weight excluding hydrogens is 324 g/mol. The Balaban J connectivity index is 1.56. The molecule has 0 bridgehead atoms. The first-order chi connectivity index (χ1) is 12.6. The van der Waals surface area contributed by atoms with Crippen LogP contribution in [0, 0.1) is 13.8 Å². The van der Waals surface area contributed by atoms with Gasteiger partial charge in [-0.3, -0.25) is 9.58 Å². The van der Waals surface area contributed by atoms with Gasteiger partial charge in [-0.25, -0.2) is 0 Å². The Kier molecular flexibility index (Phi) is 6.33. The van der Waals surface area contributed by atoms with E-state index in [2.05, 4.69) is 59.0 Å². The van der Waals surface area contributed by atoms with Crippen molar-refractivity contribution in [1.82, 2.24) is 20.0 Å². The highest BCUT2D eigenvalue weighted by Crippen LogP contribution is 2.19. The number of nitrogens with zero attached hydrogens (tertiary/aromatic N) is 3. The van der Waals surface area contributed by atoms with Crippen molar-refractivity contribution in [1.29, 1.82) is 0 Å². The molecule has 1 fully saturated rings. The molecule has 5 heteroatoms. The van der Waals surface area contributed by atoms with E-state index in [0.717, 1.165) is 37.6 Å². The number of hydrogen-bond donors (Lipinski definition) is 1. The van der Waals surface area contributed by atoms with E-state index >= 15 is 0 Å². The van der Waals surface area contributed by atoms with Crippen molar-refractivity contribution in [2.45, 2.75) is 59.3 Å². The minimum absolute atomic E-state index is 0.540. The predicted octanol–water partition coefficient (Wildman–Crippen LogP) is 3.28. The minimum atomic E-state index is 0.540. The molecule has 1 aliphatic rings. The molecule has 0 aliphatic carbocycles. The fourth-order valence-electron chi connectivity index (χ4n) is 3.94. The predicted molar refractivity (Wildman–Crippen MR) is 106 cm³/mol. The molecule has 1 atom stereocenters. The molecule has 26 heavy (non-hydrogen) atoms. The number of nitrogens with one attached hydrogen (secondary N) is 1. The standard InChI is InChI=1S/C21H32N4O/c1-5-25-17(3)21(16(2)23-25)13-22-19-9-7-11-24(15-19)14-18-8-6-10-20(12-18)26-4/h6,8,10,12,19,22H,5,7,9,11,13-15H2,1-4H3. The van der Waals surface area contributed by atoms with E-state index in [4.69, 9.17) is 4.74 Å². The van der Waals surface area contributed by atoms with Gasteiger partial charge in [0.2, 0.25) is 0 Å². The van der Waals surface area contributed by atoms with E-state index in [0.29, 0.717) is 6.04 Å². The molecule has 1 N–H and O–H groups in total. The number of rotatable bonds is 7. The van der Waals surface area contributed by atoms with Crippen LogP contribution in [0.3, 0.4) is 0 Å². The lowest BCUT2D eigenvalue weighted by molar-refractivity contribution is 0.182. The van der Waals surface area contributed by atoms with Gasteiger partial charge in [0.1, 0.15) is 5.75 Å². The lowest BCUT2D eigenvalue weighted by atomic mass is 10.0. The Hall–Kier alpha value is -1.85. The van der Waals surface area contributed by atoms with E-state index in [-0.39, 0.29) is 0 Å². The second kappa shape index (κ2) is 8.69. The van der Waals surface area contributed by atoms with Crippen LogP contribution in [0.5, 0.6) is 5.75 Å².